The molecule has 1 N–H and O–H groups in total. The van der Waals surface area contributed by atoms with Crippen LogP contribution in [0.15, 0.2) is 23.6 Å². The summed E-state index contributed by atoms with van der Waals surface area (Å²) < 4.78 is 0. The van der Waals surface area contributed by atoms with Crippen LogP contribution in [0, 0.1) is 12.3 Å². The fourth-order valence-corrected chi connectivity index (χ4v) is 0.788. The van der Waals surface area contributed by atoms with Gasteiger partial charge in [-0.1, -0.05) is 11.8 Å². The maximum atomic E-state index is 7.92. The van der Waals surface area contributed by atoms with Crippen LogP contribution in [0.4, 0.5) is 0 Å². The molecule has 0 unspecified atom stereocenters. The summed E-state index contributed by atoms with van der Waals surface area (Å²) in [4.78, 5) is 7.90. The molecule has 0 fully saturated rings. The summed E-state index contributed by atoms with van der Waals surface area (Å²) >= 11 is 1.55. The molecule has 0 aliphatic heterocycles. The molecule has 0 saturated carbocycles. The first-order valence-electron chi connectivity index (χ1n) is 3.70. The quantitative estimate of drug-likeness (QED) is 0.438. The first-order valence-corrected chi connectivity index (χ1v) is 4.93. The van der Waals surface area contributed by atoms with Gasteiger partial charge in [-0.3, -0.25) is 0 Å². The van der Waals surface area contributed by atoms with E-state index in [1.165, 1.54) is 0 Å². The molecule has 0 aliphatic carbocycles. The lowest BCUT2D eigenvalue weighted by Crippen LogP contribution is -1.79. The van der Waals surface area contributed by atoms with Gasteiger partial charge < -0.3 is 5.11 Å². The van der Waals surface area contributed by atoms with Crippen molar-refractivity contribution in [2.45, 2.75) is 11.6 Å². The van der Waals surface area contributed by atoms with E-state index in [1.54, 1.807) is 30.2 Å². The van der Waals surface area contributed by atoms with Crippen LogP contribution in [0.3, 0.4) is 0 Å². The molecule has 3 nitrogen and oxygen atoms in total. The van der Waals surface area contributed by atoms with Gasteiger partial charge in [0.05, 0.1) is 6.61 Å². The van der Waals surface area contributed by atoms with Gasteiger partial charge in [0, 0.05) is 18.8 Å². The van der Waals surface area contributed by atoms with E-state index < -0.39 is 0 Å². The lowest BCUT2D eigenvalue weighted by atomic mass is 10.5. The summed E-state index contributed by atoms with van der Waals surface area (Å²) in [5.41, 5.74) is 0. The topological polar surface area (TPSA) is 46.0 Å². The SMILES string of the molecule is C#CCCO.CSc1ncccn1. The summed E-state index contributed by atoms with van der Waals surface area (Å²) in [5, 5.41) is 8.75. The van der Waals surface area contributed by atoms with Crippen molar-refractivity contribution in [3.63, 3.8) is 0 Å². The van der Waals surface area contributed by atoms with E-state index in [1.807, 2.05) is 6.26 Å². The molecule has 0 spiro atoms. The van der Waals surface area contributed by atoms with E-state index in [9.17, 15) is 0 Å². The third kappa shape index (κ3) is 7.32. The van der Waals surface area contributed by atoms with Crippen molar-refractivity contribution in [1.82, 2.24) is 9.97 Å². The monoisotopic (exact) mass is 196 g/mol. The Hall–Kier alpha value is -1.05. The van der Waals surface area contributed by atoms with Crippen LogP contribution in [0.25, 0.3) is 0 Å². The number of hydrogen-bond donors (Lipinski definition) is 1. The zero-order valence-electron chi connectivity index (χ0n) is 7.47. The molecular weight excluding hydrogens is 184 g/mol. The summed E-state index contributed by atoms with van der Waals surface area (Å²) in [5.74, 6) is 2.27. The Balaban J connectivity index is 0.000000252. The maximum absolute atomic E-state index is 7.92. The normalized spacial score (nSPS) is 8.08. The van der Waals surface area contributed by atoms with E-state index in [2.05, 4.69) is 15.9 Å². The zero-order chi connectivity index (χ0) is 9.94. The van der Waals surface area contributed by atoms with Gasteiger partial charge in [0.15, 0.2) is 5.16 Å². The van der Waals surface area contributed by atoms with Crippen molar-refractivity contribution in [2.75, 3.05) is 12.9 Å². The Morgan fingerprint density at radius 3 is 2.38 bits per heavy atom. The first-order chi connectivity index (χ1) is 6.35. The van der Waals surface area contributed by atoms with Crippen LogP contribution in [-0.4, -0.2) is 27.9 Å². The van der Waals surface area contributed by atoms with Crippen molar-refractivity contribution < 1.29 is 5.11 Å². The second-order valence-corrected chi connectivity index (χ2v) is 2.69. The van der Waals surface area contributed by atoms with Gasteiger partial charge in [-0.05, 0) is 12.3 Å². The molecule has 4 heteroatoms. The molecule has 1 aromatic rings. The number of terminal acetylenes is 1. The van der Waals surface area contributed by atoms with E-state index in [0.29, 0.717) is 6.42 Å². The van der Waals surface area contributed by atoms with Crippen molar-refractivity contribution in [1.29, 1.82) is 0 Å². The first kappa shape index (κ1) is 11.9. The Bertz CT molecular complexity index is 246. The number of nitrogens with zero attached hydrogens (tertiary/aromatic N) is 2. The number of rotatable bonds is 2. The van der Waals surface area contributed by atoms with Gasteiger partial charge in [0.25, 0.3) is 0 Å². The minimum Gasteiger partial charge on any atom is -0.395 e. The third-order valence-electron chi connectivity index (χ3n) is 0.981. The van der Waals surface area contributed by atoms with Crippen molar-refractivity contribution >= 4 is 11.8 Å². The molecule has 0 saturated heterocycles. The minimum atomic E-state index is 0.108. The highest BCUT2D eigenvalue weighted by molar-refractivity contribution is 7.98. The molecule has 1 rings (SSSR count). The summed E-state index contributed by atoms with van der Waals surface area (Å²) in [6.45, 7) is 0.108. The van der Waals surface area contributed by atoms with Crippen LogP contribution >= 0.6 is 11.8 Å². The Morgan fingerprint density at radius 1 is 1.54 bits per heavy atom. The number of aliphatic hydroxyl groups is 1. The zero-order valence-corrected chi connectivity index (χ0v) is 8.29. The highest BCUT2D eigenvalue weighted by atomic mass is 32.2. The molecule has 0 aliphatic rings. The number of aliphatic hydroxyl groups excluding tert-OH is 1. The van der Waals surface area contributed by atoms with Gasteiger partial charge >= 0.3 is 0 Å². The van der Waals surface area contributed by atoms with Gasteiger partial charge in [0.1, 0.15) is 0 Å². The van der Waals surface area contributed by atoms with E-state index >= 15 is 0 Å². The van der Waals surface area contributed by atoms with Crippen LogP contribution < -0.4 is 0 Å². The minimum absolute atomic E-state index is 0.108. The molecule has 70 valence electrons. The third-order valence-corrected chi connectivity index (χ3v) is 1.56. The summed E-state index contributed by atoms with van der Waals surface area (Å²) in [6.07, 6.45) is 10.6. The molecule has 13 heavy (non-hydrogen) atoms. The van der Waals surface area contributed by atoms with Gasteiger partial charge in [-0.2, -0.15) is 0 Å². The van der Waals surface area contributed by atoms with E-state index in [4.69, 9.17) is 11.5 Å². The predicted molar refractivity (Wildman–Crippen MR) is 54.3 cm³/mol. The van der Waals surface area contributed by atoms with Gasteiger partial charge in [-0.15, -0.1) is 12.3 Å². The van der Waals surface area contributed by atoms with Gasteiger partial charge in [0.2, 0.25) is 0 Å². The predicted octanol–water partition coefficient (Wildman–Crippen LogP) is 1.20. The number of thioether (sulfide) groups is 1. The van der Waals surface area contributed by atoms with Crippen molar-refractivity contribution in [3.05, 3.63) is 18.5 Å². The van der Waals surface area contributed by atoms with Crippen LogP contribution in [0.2, 0.25) is 0 Å². The van der Waals surface area contributed by atoms with Crippen LogP contribution in [0.5, 0.6) is 0 Å². The lowest BCUT2D eigenvalue weighted by molar-refractivity contribution is 0.305. The fourth-order valence-electron chi connectivity index (χ4n) is 0.455. The maximum Gasteiger partial charge on any atom is 0.187 e. The molecule has 0 atom stereocenters. The molecule has 1 heterocycles. The summed E-state index contributed by atoms with van der Waals surface area (Å²) in [7, 11) is 0. The van der Waals surface area contributed by atoms with E-state index in [-0.39, 0.29) is 6.61 Å². The standard InChI is InChI=1S/C5H6N2S.C4H6O/c1-8-5-6-3-2-4-7-5;1-2-3-4-5/h2-4H,1H3;1,5H,3-4H2. The molecule has 0 bridgehead atoms. The second-order valence-electron chi connectivity index (χ2n) is 1.91. The molecule has 0 amide bonds. The number of aromatic nitrogens is 2. The Morgan fingerprint density at radius 2 is 2.15 bits per heavy atom. The lowest BCUT2D eigenvalue weighted by Gasteiger charge is -1.87. The fraction of sp³-hybridized carbons (Fsp3) is 0.333. The summed E-state index contributed by atoms with van der Waals surface area (Å²) in [6, 6.07) is 1.81. The molecule has 1 aromatic heterocycles. The van der Waals surface area contributed by atoms with Crippen LogP contribution in [-0.2, 0) is 0 Å². The van der Waals surface area contributed by atoms with E-state index in [0.717, 1.165) is 5.16 Å². The average molecular weight is 196 g/mol. The Labute approximate surface area is 82.6 Å². The molecular formula is C9H12N2OS. The molecule has 0 radical (unpaired) electrons. The smallest absolute Gasteiger partial charge is 0.187 e. The highest BCUT2D eigenvalue weighted by Crippen LogP contribution is 2.03. The van der Waals surface area contributed by atoms with Crippen molar-refractivity contribution in [2.24, 2.45) is 0 Å². The van der Waals surface area contributed by atoms with Crippen LogP contribution in [0.1, 0.15) is 6.42 Å². The second kappa shape index (κ2) is 9.04. The van der Waals surface area contributed by atoms with Crippen molar-refractivity contribution in [3.8, 4) is 12.3 Å². The molecule has 0 aromatic carbocycles. The number of hydrogen-bond acceptors (Lipinski definition) is 4. The largest absolute Gasteiger partial charge is 0.395 e. The van der Waals surface area contributed by atoms with Gasteiger partial charge in [-0.25, -0.2) is 9.97 Å². The Kier molecular flexibility index (Phi) is 8.31. The average Bonchev–Trinajstić information content (AvgIpc) is 2.21. The highest BCUT2D eigenvalue weighted by Gasteiger charge is 1.84.